The molecular formula is C15H13ClN2OS. The molecule has 0 saturated carbocycles. The molecule has 3 nitrogen and oxygen atoms in total. The monoisotopic (exact) mass is 304 g/mol. The third-order valence-electron chi connectivity index (χ3n) is 3.29. The Morgan fingerprint density at radius 2 is 2.00 bits per heavy atom. The Morgan fingerprint density at radius 3 is 2.70 bits per heavy atom. The lowest BCUT2D eigenvalue weighted by Gasteiger charge is -2.10. The molecule has 2 aromatic carbocycles. The van der Waals surface area contributed by atoms with E-state index in [1.165, 1.54) is 0 Å². The van der Waals surface area contributed by atoms with E-state index in [0.29, 0.717) is 9.79 Å². The molecule has 0 spiro atoms. The van der Waals surface area contributed by atoms with Crippen molar-refractivity contribution in [1.29, 1.82) is 0 Å². The van der Waals surface area contributed by atoms with E-state index in [1.54, 1.807) is 7.11 Å². The van der Waals surface area contributed by atoms with Crippen molar-refractivity contribution in [2.75, 3.05) is 7.11 Å². The summed E-state index contributed by atoms with van der Waals surface area (Å²) >= 11 is 11.4. The van der Waals surface area contributed by atoms with E-state index in [9.17, 15) is 0 Å². The van der Waals surface area contributed by atoms with Crippen LogP contribution in [0.4, 0.5) is 0 Å². The van der Waals surface area contributed by atoms with E-state index in [2.05, 4.69) is 4.98 Å². The zero-order valence-corrected chi connectivity index (χ0v) is 12.7. The molecule has 1 N–H and O–H groups in total. The number of aromatic amines is 1. The van der Waals surface area contributed by atoms with Crippen LogP contribution in [0.5, 0.6) is 5.75 Å². The number of aromatic nitrogens is 2. The molecule has 0 aliphatic heterocycles. The zero-order valence-electron chi connectivity index (χ0n) is 11.1. The predicted molar refractivity (Wildman–Crippen MR) is 84.8 cm³/mol. The molecule has 1 aromatic heterocycles. The van der Waals surface area contributed by atoms with Gasteiger partial charge in [0.2, 0.25) is 0 Å². The second-order valence-electron chi connectivity index (χ2n) is 4.58. The fourth-order valence-corrected chi connectivity index (χ4v) is 2.81. The van der Waals surface area contributed by atoms with Gasteiger partial charge in [-0.2, -0.15) is 0 Å². The molecule has 102 valence electrons. The maximum atomic E-state index is 6.02. The average Bonchev–Trinajstić information content (AvgIpc) is 2.73. The van der Waals surface area contributed by atoms with Gasteiger partial charge in [-0.25, -0.2) is 0 Å². The lowest BCUT2D eigenvalue weighted by molar-refractivity contribution is 0.414. The first-order valence-electron chi connectivity index (χ1n) is 6.15. The van der Waals surface area contributed by atoms with Crippen LogP contribution in [0.3, 0.4) is 0 Å². The molecule has 0 unspecified atom stereocenters. The van der Waals surface area contributed by atoms with Gasteiger partial charge in [0, 0.05) is 5.02 Å². The Balaban J connectivity index is 2.29. The number of H-pyrrole nitrogens is 1. The molecule has 1 heterocycles. The van der Waals surface area contributed by atoms with Gasteiger partial charge >= 0.3 is 0 Å². The highest BCUT2D eigenvalue weighted by Gasteiger charge is 2.09. The Bertz CT molecular complexity index is 851. The lowest BCUT2D eigenvalue weighted by Crippen LogP contribution is -1.97. The molecule has 0 aliphatic carbocycles. The van der Waals surface area contributed by atoms with Crippen molar-refractivity contribution in [1.82, 2.24) is 9.55 Å². The molecule has 5 heteroatoms. The normalized spacial score (nSPS) is 10.9. The number of benzene rings is 2. The molecule has 3 aromatic rings. The van der Waals surface area contributed by atoms with Gasteiger partial charge < -0.3 is 9.72 Å². The summed E-state index contributed by atoms with van der Waals surface area (Å²) in [6.07, 6.45) is 0. The quantitative estimate of drug-likeness (QED) is 0.698. The summed E-state index contributed by atoms with van der Waals surface area (Å²) in [7, 11) is 1.66. The van der Waals surface area contributed by atoms with Crippen molar-refractivity contribution in [3.63, 3.8) is 0 Å². The lowest BCUT2D eigenvalue weighted by atomic mass is 10.2. The van der Waals surface area contributed by atoms with Crippen molar-refractivity contribution in [3.05, 3.63) is 51.8 Å². The highest BCUT2D eigenvalue weighted by Crippen LogP contribution is 2.26. The number of nitrogens with one attached hydrogen (secondary N) is 1. The maximum Gasteiger partial charge on any atom is 0.182 e. The highest BCUT2D eigenvalue weighted by molar-refractivity contribution is 7.71. The Kier molecular flexibility index (Phi) is 3.28. The Morgan fingerprint density at radius 1 is 1.20 bits per heavy atom. The molecular weight excluding hydrogens is 292 g/mol. The molecule has 0 bridgehead atoms. The number of fused-ring (bicyclic) bond motifs is 1. The maximum absolute atomic E-state index is 6.02. The minimum absolute atomic E-state index is 0.649. The van der Waals surface area contributed by atoms with Crippen LogP contribution in [0, 0.1) is 11.7 Å². The average molecular weight is 305 g/mol. The summed E-state index contributed by atoms with van der Waals surface area (Å²) in [5, 5.41) is 0.687. The molecule has 0 saturated heterocycles. The number of ether oxygens (including phenoxy) is 1. The summed E-state index contributed by atoms with van der Waals surface area (Å²) in [5.41, 5.74) is 4.06. The van der Waals surface area contributed by atoms with Crippen LogP contribution in [-0.4, -0.2) is 16.7 Å². The van der Waals surface area contributed by atoms with E-state index in [0.717, 1.165) is 28.0 Å². The number of rotatable bonds is 2. The fourth-order valence-electron chi connectivity index (χ4n) is 2.33. The van der Waals surface area contributed by atoms with Crippen molar-refractivity contribution in [2.45, 2.75) is 6.92 Å². The topological polar surface area (TPSA) is 29.9 Å². The molecule has 0 aliphatic rings. The number of imidazole rings is 1. The predicted octanol–water partition coefficient (Wildman–Crippen LogP) is 4.66. The van der Waals surface area contributed by atoms with Crippen molar-refractivity contribution in [3.8, 4) is 11.4 Å². The van der Waals surface area contributed by atoms with E-state index in [1.807, 2.05) is 47.9 Å². The third kappa shape index (κ3) is 2.11. The SMILES string of the molecule is COc1ccc(-n2c(=S)[nH]c3cc(Cl)ccc32)c(C)c1. The van der Waals surface area contributed by atoms with Crippen molar-refractivity contribution >= 4 is 34.9 Å². The standard InChI is InChI=1S/C15H13ClN2OS/c1-9-7-11(19-2)4-6-13(9)18-14-5-3-10(16)8-12(14)17-15(18)20/h3-8H,1-2H3,(H,17,20). The van der Waals surface area contributed by atoms with Gasteiger partial charge in [0.25, 0.3) is 0 Å². The van der Waals surface area contributed by atoms with Crippen LogP contribution in [0.15, 0.2) is 36.4 Å². The molecule has 0 atom stereocenters. The second kappa shape index (κ2) is 4.96. The van der Waals surface area contributed by atoms with Crippen LogP contribution in [-0.2, 0) is 0 Å². The fraction of sp³-hybridized carbons (Fsp3) is 0.133. The van der Waals surface area contributed by atoms with Gasteiger partial charge in [-0.05, 0) is 61.1 Å². The summed E-state index contributed by atoms with van der Waals surface area (Å²) < 4.78 is 7.90. The molecule has 0 radical (unpaired) electrons. The van der Waals surface area contributed by atoms with Gasteiger partial charge in [-0.3, -0.25) is 4.57 Å². The summed E-state index contributed by atoms with van der Waals surface area (Å²) in [6, 6.07) is 11.6. The molecule has 20 heavy (non-hydrogen) atoms. The van der Waals surface area contributed by atoms with E-state index >= 15 is 0 Å². The first kappa shape index (κ1) is 13.2. The summed E-state index contributed by atoms with van der Waals surface area (Å²) in [5.74, 6) is 0.834. The second-order valence-corrected chi connectivity index (χ2v) is 5.40. The number of methoxy groups -OCH3 is 1. The zero-order chi connectivity index (χ0) is 14.3. The van der Waals surface area contributed by atoms with Gasteiger partial charge in [0.05, 0.1) is 23.8 Å². The van der Waals surface area contributed by atoms with Crippen molar-refractivity contribution < 1.29 is 4.74 Å². The number of nitrogens with zero attached hydrogens (tertiary/aromatic N) is 1. The van der Waals surface area contributed by atoms with Crippen LogP contribution < -0.4 is 4.74 Å². The Hall–Kier alpha value is -1.78. The largest absolute Gasteiger partial charge is 0.497 e. The highest BCUT2D eigenvalue weighted by atomic mass is 35.5. The van der Waals surface area contributed by atoms with Gasteiger partial charge in [0.1, 0.15) is 5.75 Å². The van der Waals surface area contributed by atoms with E-state index in [4.69, 9.17) is 28.6 Å². The first-order valence-corrected chi connectivity index (χ1v) is 6.94. The van der Waals surface area contributed by atoms with Gasteiger partial charge in [-0.15, -0.1) is 0 Å². The van der Waals surface area contributed by atoms with Crippen molar-refractivity contribution in [2.24, 2.45) is 0 Å². The molecule has 0 fully saturated rings. The van der Waals surface area contributed by atoms with Crippen LogP contribution >= 0.6 is 23.8 Å². The van der Waals surface area contributed by atoms with Crippen LogP contribution in [0.1, 0.15) is 5.56 Å². The summed E-state index contributed by atoms with van der Waals surface area (Å²) in [4.78, 5) is 3.18. The van der Waals surface area contributed by atoms with E-state index < -0.39 is 0 Å². The molecule has 3 rings (SSSR count). The minimum atomic E-state index is 0.649. The van der Waals surface area contributed by atoms with Crippen LogP contribution in [0.2, 0.25) is 5.02 Å². The number of hydrogen-bond acceptors (Lipinski definition) is 2. The van der Waals surface area contributed by atoms with Gasteiger partial charge in [0.15, 0.2) is 4.77 Å². The number of hydrogen-bond donors (Lipinski definition) is 1. The summed E-state index contributed by atoms with van der Waals surface area (Å²) in [6.45, 7) is 2.04. The Labute approximate surface area is 126 Å². The van der Waals surface area contributed by atoms with Gasteiger partial charge in [-0.1, -0.05) is 11.6 Å². The minimum Gasteiger partial charge on any atom is -0.497 e. The smallest absolute Gasteiger partial charge is 0.182 e. The molecule has 0 amide bonds. The van der Waals surface area contributed by atoms with E-state index in [-0.39, 0.29) is 0 Å². The van der Waals surface area contributed by atoms with Crippen LogP contribution in [0.25, 0.3) is 16.7 Å². The number of aryl methyl sites for hydroxylation is 1. The first-order chi connectivity index (χ1) is 9.60. The third-order valence-corrected chi connectivity index (χ3v) is 3.81. The number of halogens is 1.